The molecule has 2 unspecified atom stereocenters. The normalized spacial score (nSPS) is 22.0. The van der Waals surface area contributed by atoms with Crippen molar-refractivity contribution in [2.24, 2.45) is 0 Å². The van der Waals surface area contributed by atoms with E-state index in [1.54, 1.807) is 6.92 Å². The van der Waals surface area contributed by atoms with E-state index in [9.17, 15) is 9.90 Å². The van der Waals surface area contributed by atoms with Crippen molar-refractivity contribution in [3.8, 4) is 0 Å². The third kappa shape index (κ3) is 4.39. The van der Waals surface area contributed by atoms with Crippen molar-refractivity contribution in [2.45, 2.75) is 31.9 Å². The molecule has 1 aliphatic heterocycles. The molecule has 1 aromatic rings. The van der Waals surface area contributed by atoms with Gasteiger partial charge in [-0.15, -0.1) is 11.3 Å². The molecule has 118 valence electrons. The Balaban J connectivity index is 2.03. The molecule has 1 aliphatic rings. The van der Waals surface area contributed by atoms with Crippen LogP contribution in [-0.4, -0.2) is 66.9 Å². The first-order valence-corrected chi connectivity index (χ1v) is 8.07. The Hall–Kier alpha value is -1.18. The Kier molecular flexibility index (Phi) is 5.55. The number of likely N-dealkylation sites (N-methyl/N-ethyl adjacent to an activating group) is 1. The van der Waals surface area contributed by atoms with Crippen LogP contribution >= 0.6 is 11.3 Å². The molecule has 0 radical (unpaired) electrons. The van der Waals surface area contributed by atoms with Gasteiger partial charge >= 0.3 is 5.97 Å². The number of β-amino-alcohol motifs (C(OH)–C–C–N with tert-alkyl or cyclic N) is 1. The Morgan fingerprint density at radius 3 is 3.05 bits per heavy atom. The maximum absolute atomic E-state index is 11.5. The predicted octanol–water partition coefficient (Wildman–Crippen LogP) is 0.750. The Labute approximate surface area is 129 Å². The van der Waals surface area contributed by atoms with E-state index in [-0.39, 0.29) is 24.5 Å². The highest BCUT2D eigenvalue weighted by atomic mass is 32.1. The van der Waals surface area contributed by atoms with Crippen LogP contribution in [0.1, 0.15) is 19.0 Å². The molecule has 1 aromatic heterocycles. The molecule has 2 rings (SSSR count). The molecular formula is C14H23N3O3S. The van der Waals surface area contributed by atoms with Crippen molar-refractivity contribution in [3.63, 3.8) is 0 Å². The molecule has 0 saturated carbocycles. The van der Waals surface area contributed by atoms with Crippen molar-refractivity contribution in [2.75, 3.05) is 38.7 Å². The first kappa shape index (κ1) is 16.2. The number of anilines is 1. The van der Waals surface area contributed by atoms with Crippen LogP contribution in [0.5, 0.6) is 0 Å². The van der Waals surface area contributed by atoms with E-state index >= 15 is 0 Å². The van der Waals surface area contributed by atoms with Crippen LogP contribution in [0, 0.1) is 0 Å². The SMILES string of the molecule is CCOC(=O)Cc1csc(N2CC(O)CC2CN(C)C)n1. The number of nitrogens with zero attached hydrogens (tertiary/aromatic N) is 3. The third-order valence-electron chi connectivity index (χ3n) is 3.38. The van der Waals surface area contributed by atoms with Gasteiger partial charge in [0.2, 0.25) is 0 Å². The van der Waals surface area contributed by atoms with E-state index in [0.717, 1.165) is 23.8 Å². The maximum Gasteiger partial charge on any atom is 0.311 e. The van der Waals surface area contributed by atoms with E-state index in [0.29, 0.717) is 13.2 Å². The summed E-state index contributed by atoms with van der Waals surface area (Å²) in [5, 5.41) is 12.7. The zero-order valence-electron chi connectivity index (χ0n) is 12.8. The lowest BCUT2D eigenvalue weighted by molar-refractivity contribution is -0.142. The summed E-state index contributed by atoms with van der Waals surface area (Å²) in [6.07, 6.45) is 0.650. The van der Waals surface area contributed by atoms with Gasteiger partial charge in [0.05, 0.1) is 24.8 Å². The number of aromatic nitrogens is 1. The van der Waals surface area contributed by atoms with Gasteiger partial charge in [-0.2, -0.15) is 0 Å². The molecule has 2 heterocycles. The molecule has 0 amide bonds. The number of carbonyl (C=O) groups excluding carboxylic acids is 1. The fraction of sp³-hybridized carbons (Fsp3) is 0.714. The van der Waals surface area contributed by atoms with Crippen molar-refractivity contribution in [3.05, 3.63) is 11.1 Å². The second kappa shape index (κ2) is 7.20. The summed E-state index contributed by atoms with van der Waals surface area (Å²) < 4.78 is 4.94. The quantitative estimate of drug-likeness (QED) is 0.782. The summed E-state index contributed by atoms with van der Waals surface area (Å²) in [5.74, 6) is -0.249. The van der Waals surface area contributed by atoms with Gasteiger partial charge in [0.25, 0.3) is 0 Å². The van der Waals surface area contributed by atoms with Crippen molar-refractivity contribution in [1.82, 2.24) is 9.88 Å². The summed E-state index contributed by atoms with van der Waals surface area (Å²) in [6.45, 7) is 3.66. The minimum absolute atomic E-state index is 0.207. The van der Waals surface area contributed by atoms with Crippen LogP contribution < -0.4 is 4.90 Å². The van der Waals surface area contributed by atoms with E-state index in [1.807, 2.05) is 19.5 Å². The highest BCUT2D eigenvalue weighted by Crippen LogP contribution is 2.29. The number of hydrogen-bond acceptors (Lipinski definition) is 7. The number of aliphatic hydroxyl groups is 1. The topological polar surface area (TPSA) is 65.9 Å². The van der Waals surface area contributed by atoms with Gasteiger partial charge in [-0.3, -0.25) is 4.79 Å². The lowest BCUT2D eigenvalue weighted by atomic mass is 10.2. The van der Waals surface area contributed by atoms with Gasteiger partial charge in [0.1, 0.15) is 0 Å². The average molecular weight is 313 g/mol. The fourth-order valence-electron chi connectivity index (χ4n) is 2.59. The smallest absolute Gasteiger partial charge is 0.311 e. The van der Waals surface area contributed by atoms with Crippen LogP contribution in [0.3, 0.4) is 0 Å². The Morgan fingerprint density at radius 2 is 2.38 bits per heavy atom. The molecule has 0 bridgehead atoms. The molecule has 0 aliphatic carbocycles. The first-order valence-electron chi connectivity index (χ1n) is 7.19. The van der Waals surface area contributed by atoms with E-state index in [2.05, 4.69) is 14.8 Å². The van der Waals surface area contributed by atoms with Crippen LogP contribution in [0.25, 0.3) is 0 Å². The Morgan fingerprint density at radius 1 is 1.62 bits per heavy atom. The predicted molar refractivity (Wildman–Crippen MR) is 82.8 cm³/mol. The monoisotopic (exact) mass is 313 g/mol. The van der Waals surface area contributed by atoms with Gasteiger partial charge < -0.3 is 19.6 Å². The first-order chi connectivity index (χ1) is 9.99. The number of aliphatic hydroxyl groups excluding tert-OH is 1. The molecule has 1 saturated heterocycles. The standard InChI is InChI=1S/C14H23N3O3S/c1-4-20-13(19)5-10-9-21-14(15-10)17-8-12(18)6-11(17)7-16(2)3/h9,11-12,18H,4-8H2,1-3H3. The van der Waals surface area contributed by atoms with Crippen LogP contribution in [0.15, 0.2) is 5.38 Å². The molecule has 7 heteroatoms. The second-order valence-electron chi connectivity index (χ2n) is 5.56. The Bertz CT molecular complexity index is 478. The number of hydrogen-bond donors (Lipinski definition) is 1. The van der Waals surface area contributed by atoms with Crippen LogP contribution in [0.2, 0.25) is 0 Å². The fourth-order valence-corrected chi connectivity index (χ4v) is 3.50. The molecule has 0 aromatic carbocycles. The van der Waals surface area contributed by atoms with Gasteiger partial charge in [-0.1, -0.05) is 0 Å². The zero-order chi connectivity index (χ0) is 15.4. The second-order valence-corrected chi connectivity index (χ2v) is 6.40. The number of ether oxygens (including phenoxy) is 1. The molecule has 1 fully saturated rings. The molecule has 21 heavy (non-hydrogen) atoms. The lowest BCUT2D eigenvalue weighted by Gasteiger charge is -2.26. The van der Waals surface area contributed by atoms with E-state index in [4.69, 9.17) is 4.74 Å². The minimum atomic E-state index is -0.313. The summed E-state index contributed by atoms with van der Waals surface area (Å²) in [4.78, 5) is 20.3. The largest absolute Gasteiger partial charge is 0.466 e. The molecular weight excluding hydrogens is 290 g/mol. The third-order valence-corrected chi connectivity index (χ3v) is 4.31. The summed E-state index contributed by atoms with van der Waals surface area (Å²) in [6, 6.07) is 0.261. The number of carbonyl (C=O) groups is 1. The highest BCUT2D eigenvalue weighted by molar-refractivity contribution is 7.13. The van der Waals surface area contributed by atoms with Gasteiger partial charge in [0, 0.05) is 24.5 Å². The summed E-state index contributed by atoms with van der Waals surface area (Å²) in [5.41, 5.74) is 0.735. The highest BCUT2D eigenvalue weighted by Gasteiger charge is 2.33. The van der Waals surface area contributed by atoms with Crippen LogP contribution in [0.4, 0.5) is 5.13 Å². The minimum Gasteiger partial charge on any atom is -0.466 e. The number of rotatable bonds is 6. The summed E-state index contributed by atoms with van der Waals surface area (Å²) >= 11 is 1.52. The van der Waals surface area contributed by atoms with Crippen molar-refractivity contribution < 1.29 is 14.6 Å². The molecule has 1 N–H and O–H groups in total. The average Bonchev–Trinajstić information content (AvgIpc) is 2.95. The van der Waals surface area contributed by atoms with E-state index < -0.39 is 0 Å². The van der Waals surface area contributed by atoms with E-state index in [1.165, 1.54) is 11.3 Å². The summed E-state index contributed by atoms with van der Waals surface area (Å²) in [7, 11) is 4.05. The van der Waals surface area contributed by atoms with Gasteiger partial charge in [-0.05, 0) is 27.4 Å². The number of esters is 1. The molecule has 6 nitrogen and oxygen atoms in total. The number of thiazole rings is 1. The van der Waals surface area contributed by atoms with Gasteiger partial charge in [-0.25, -0.2) is 4.98 Å². The lowest BCUT2D eigenvalue weighted by Crippen LogP contribution is -2.37. The van der Waals surface area contributed by atoms with Crippen molar-refractivity contribution >= 4 is 22.4 Å². The maximum atomic E-state index is 11.5. The van der Waals surface area contributed by atoms with Crippen LogP contribution in [-0.2, 0) is 16.0 Å². The van der Waals surface area contributed by atoms with Gasteiger partial charge in [0.15, 0.2) is 5.13 Å². The molecule has 0 spiro atoms. The molecule has 2 atom stereocenters. The van der Waals surface area contributed by atoms with Crippen molar-refractivity contribution in [1.29, 1.82) is 0 Å². The zero-order valence-corrected chi connectivity index (χ0v) is 13.6.